The van der Waals surface area contributed by atoms with Crippen LogP contribution in [-0.4, -0.2) is 26.8 Å². The van der Waals surface area contributed by atoms with Gasteiger partial charge in [0.25, 0.3) is 0 Å². The van der Waals surface area contributed by atoms with Crippen LogP contribution in [0.5, 0.6) is 0 Å². The SMILES string of the molecule is CCCNCC(C)S(=O)(=O)NC(C)c1ccccc1F. The highest BCUT2D eigenvalue weighted by molar-refractivity contribution is 7.90. The topological polar surface area (TPSA) is 58.2 Å². The fourth-order valence-electron chi connectivity index (χ4n) is 1.84. The van der Waals surface area contributed by atoms with E-state index in [1.165, 1.54) is 6.07 Å². The molecular weight excluding hydrogens is 279 g/mol. The van der Waals surface area contributed by atoms with Crippen molar-refractivity contribution in [3.63, 3.8) is 0 Å². The monoisotopic (exact) mass is 302 g/mol. The molecule has 0 fully saturated rings. The fraction of sp³-hybridized carbons (Fsp3) is 0.571. The van der Waals surface area contributed by atoms with Crippen LogP contribution in [0, 0.1) is 5.82 Å². The van der Waals surface area contributed by atoms with E-state index in [1.54, 1.807) is 32.0 Å². The van der Waals surface area contributed by atoms with Gasteiger partial charge >= 0.3 is 0 Å². The average Bonchev–Trinajstić information content (AvgIpc) is 2.38. The maximum atomic E-state index is 13.6. The molecule has 114 valence electrons. The van der Waals surface area contributed by atoms with Gasteiger partial charge in [0.15, 0.2) is 0 Å². The molecule has 6 heteroatoms. The molecule has 0 saturated heterocycles. The Hall–Kier alpha value is -0.980. The summed E-state index contributed by atoms with van der Waals surface area (Å²) in [6.45, 7) is 6.46. The minimum absolute atomic E-state index is 0.352. The van der Waals surface area contributed by atoms with Crippen LogP contribution in [-0.2, 0) is 10.0 Å². The summed E-state index contributed by atoms with van der Waals surface area (Å²) in [5.41, 5.74) is 0.352. The Bertz CT molecular complexity index is 520. The van der Waals surface area contributed by atoms with E-state index >= 15 is 0 Å². The molecule has 0 saturated carbocycles. The number of nitrogens with one attached hydrogen (secondary N) is 2. The lowest BCUT2D eigenvalue weighted by molar-refractivity contribution is 0.534. The van der Waals surface area contributed by atoms with Crippen LogP contribution in [0.3, 0.4) is 0 Å². The molecule has 4 nitrogen and oxygen atoms in total. The molecule has 1 aromatic rings. The van der Waals surface area contributed by atoms with Crippen molar-refractivity contribution in [3.8, 4) is 0 Å². The molecule has 0 heterocycles. The Morgan fingerprint density at radius 2 is 1.90 bits per heavy atom. The first-order valence-corrected chi connectivity index (χ1v) is 8.39. The molecule has 20 heavy (non-hydrogen) atoms. The summed E-state index contributed by atoms with van der Waals surface area (Å²) in [5.74, 6) is -0.403. The third-order valence-electron chi connectivity index (χ3n) is 3.10. The van der Waals surface area contributed by atoms with Crippen molar-refractivity contribution in [2.24, 2.45) is 0 Å². The van der Waals surface area contributed by atoms with Crippen molar-refractivity contribution in [1.82, 2.24) is 10.0 Å². The lowest BCUT2D eigenvalue weighted by atomic mass is 10.1. The predicted molar refractivity (Wildman–Crippen MR) is 79.5 cm³/mol. The summed E-state index contributed by atoms with van der Waals surface area (Å²) in [7, 11) is -3.48. The quantitative estimate of drug-likeness (QED) is 0.724. The minimum Gasteiger partial charge on any atom is -0.315 e. The molecule has 0 aliphatic heterocycles. The summed E-state index contributed by atoms with van der Waals surface area (Å²) >= 11 is 0. The first kappa shape index (κ1) is 17.1. The van der Waals surface area contributed by atoms with Gasteiger partial charge in [-0.1, -0.05) is 25.1 Å². The van der Waals surface area contributed by atoms with Crippen molar-refractivity contribution < 1.29 is 12.8 Å². The number of rotatable bonds is 8. The summed E-state index contributed by atoms with van der Waals surface area (Å²) in [4.78, 5) is 0. The Morgan fingerprint density at radius 1 is 1.25 bits per heavy atom. The van der Waals surface area contributed by atoms with Gasteiger partial charge < -0.3 is 5.32 Å². The summed E-state index contributed by atoms with van der Waals surface area (Å²) < 4.78 is 40.4. The van der Waals surface area contributed by atoms with Gasteiger partial charge in [0.05, 0.1) is 5.25 Å². The zero-order valence-electron chi connectivity index (χ0n) is 12.2. The molecule has 1 rings (SSSR count). The number of sulfonamides is 1. The van der Waals surface area contributed by atoms with E-state index in [1.807, 2.05) is 6.92 Å². The Kier molecular flexibility index (Phi) is 6.58. The van der Waals surface area contributed by atoms with Gasteiger partial charge in [0.2, 0.25) is 10.0 Å². The molecule has 2 N–H and O–H groups in total. The summed E-state index contributed by atoms with van der Waals surface area (Å²) in [6, 6.07) is 5.59. The van der Waals surface area contributed by atoms with Crippen LogP contribution >= 0.6 is 0 Å². The maximum absolute atomic E-state index is 13.6. The lowest BCUT2D eigenvalue weighted by Gasteiger charge is -2.19. The Labute approximate surface area is 120 Å². The van der Waals surface area contributed by atoms with Crippen LogP contribution in [0.15, 0.2) is 24.3 Å². The van der Waals surface area contributed by atoms with Gasteiger partial charge in [-0.2, -0.15) is 0 Å². The van der Waals surface area contributed by atoms with Gasteiger partial charge in [-0.15, -0.1) is 0 Å². The third kappa shape index (κ3) is 4.85. The van der Waals surface area contributed by atoms with Gasteiger partial charge in [0.1, 0.15) is 5.82 Å². The van der Waals surface area contributed by atoms with E-state index in [-0.39, 0.29) is 0 Å². The summed E-state index contributed by atoms with van der Waals surface area (Å²) in [5, 5.41) is 2.51. The van der Waals surface area contributed by atoms with Crippen LogP contribution in [0.4, 0.5) is 4.39 Å². The van der Waals surface area contributed by atoms with E-state index in [2.05, 4.69) is 10.0 Å². The molecule has 0 spiro atoms. The third-order valence-corrected chi connectivity index (χ3v) is 5.01. The molecule has 0 radical (unpaired) electrons. The van der Waals surface area contributed by atoms with Crippen molar-refractivity contribution in [2.45, 2.75) is 38.5 Å². The van der Waals surface area contributed by atoms with Gasteiger partial charge in [0, 0.05) is 18.2 Å². The molecule has 2 atom stereocenters. The smallest absolute Gasteiger partial charge is 0.216 e. The first-order valence-electron chi connectivity index (χ1n) is 6.84. The number of hydrogen-bond donors (Lipinski definition) is 2. The van der Waals surface area contributed by atoms with Crippen LogP contribution < -0.4 is 10.0 Å². The molecule has 0 aromatic heterocycles. The van der Waals surface area contributed by atoms with Crippen LogP contribution in [0.1, 0.15) is 38.8 Å². The number of halogens is 1. The average molecular weight is 302 g/mol. The van der Waals surface area contributed by atoms with Gasteiger partial charge in [-0.25, -0.2) is 17.5 Å². The highest BCUT2D eigenvalue weighted by atomic mass is 32.2. The minimum atomic E-state index is -3.48. The molecule has 2 unspecified atom stereocenters. The maximum Gasteiger partial charge on any atom is 0.216 e. The van der Waals surface area contributed by atoms with E-state index in [9.17, 15) is 12.8 Å². The summed E-state index contributed by atoms with van der Waals surface area (Å²) in [6.07, 6.45) is 0.950. The zero-order chi connectivity index (χ0) is 15.2. The van der Waals surface area contributed by atoms with Crippen LogP contribution in [0.2, 0.25) is 0 Å². The standard InChI is InChI=1S/C14H23FN2O2S/c1-4-9-16-10-11(2)20(18,19)17-12(3)13-7-5-6-8-14(13)15/h5-8,11-12,16-17H,4,9-10H2,1-3H3. The second-order valence-corrected chi connectivity index (χ2v) is 7.05. The number of benzene rings is 1. The Morgan fingerprint density at radius 3 is 2.50 bits per heavy atom. The van der Waals surface area contributed by atoms with Crippen LogP contribution in [0.25, 0.3) is 0 Å². The Balaban J connectivity index is 2.68. The fourth-order valence-corrected chi connectivity index (χ4v) is 3.03. The molecule has 0 amide bonds. The molecule has 0 bridgehead atoms. The largest absolute Gasteiger partial charge is 0.315 e. The van der Waals surface area contributed by atoms with Gasteiger partial charge in [-0.3, -0.25) is 0 Å². The molecule has 1 aromatic carbocycles. The second kappa shape index (κ2) is 7.71. The van der Waals surface area contributed by atoms with E-state index < -0.39 is 27.1 Å². The molecule has 0 aliphatic rings. The molecule has 0 aliphatic carbocycles. The molecular formula is C14H23FN2O2S. The normalized spacial score (nSPS) is 15.0. The van der Waals surface area contributed by atoms with Crippen molar-refractivity contribution >= 4 is 10.0 Å². The van der Waals surface area contributed by atoms with E-state index in [4.69, 9.17) is 0 Å². The van der Waals surface area contributed by atoms with Gasteiger partial charge in [-0.05, 0) is 32.9 Å². The van der Waals surface area contributed by atoms with Crippen molar-refractivity contribution in [3.05, 3.63) is 35.6 Å². The highest BCUT2D eigenvalue weighted by Crippen LogP contribution is 2.17. The second-order valence-electron chi connectivity index (χ2n) is 4.92. The van der Waals surface area contributed by atoms with E-state index in [0.717, 1.165) is 13.0 Å². The lowest BCUT2D eigenvalue weighted by Crippen LogP contribution is -2.40. The van der Waals surface area contributed by atoms with E-state index in [0.29, 0.717) is 12.1 Å². The van der Waals surface area contributed by atoms with Crippen molar-refractivity contribution in [1.29, 1.82) is 0 Å². The number of hydrogen-bond acceptors (Lipinski definition) is 3. The predicted octanol–water partition coefficient (Wildman–Crippen LogP) is 2.19. The first-order chi connectivity index (χ1) is 9.38. The van der Waals surface area contributed by atoms with Crippen molar-refractivity contribution in [2.75, 3.05) is 13.1 Å². The highest BCUT2D eigenvalue weighted by Gasteiger charge is 2.23. The zero-order valence-corrected chi connectivity index (χ0v) is 13.0.